The molecule has 1 unspecified atom stereocenters. The predicted octanol–water partition coefficient (Wildman–Crippen LogP) is 2.30. The number of carbonyl (C=O) groups is 1. The van der Waals surface area contributed by atoms with Gasteiger partial charge in [-0.1, -0.05) is 6.58 Å². The first kappa shape index (κ1) is 10.8. The fourth-order valence-corrected chi connectivity index (χ4v) is 0.424. The molecule has 0 amide bonds. The summed E-state index contributed by atoms with van der Waals surface area (Å²) in [7, 11) is 0. The van der Waals surface area contributed by atoms with Crippen LogP contribution in [0.3, 0.4) is 0 Å². The van der Waals surface area contributed by atoms with E-state index < -0.39 is 16.9 Å². The molecule has 0 saturated carbocycles. The molecule has 0 bridgehead atoms. The second-order valence-electron chi connectivity index (χ2n) is 2.23. The highest BCUT2D eigenvalue weighted by Crippen LogP contribution is 2.12. The summed E-state index contributed by atoms with van der Waals surface area (Å²) in [6, 6.07) is 0. The van der Waals surface area contributed by atoms with Crippen molar-refractivity contribution in [3.05, 3.63) is 12.2 Å². The highest BCUT2D eigenvalue weighted by molar-refractivity contribution is 6.44. The van der Waals surface area contributed by atoms with Crippen molar-refractivity contribution in [3.63, 3.8) is 0 Å². The summed E-state index contributed by atoms with van der Waals surface area (Å²) in [6.45, 7) is 6.59. The Balaban J connectivity index is 3.85. The Hall–Kier alpha value is -0.210. The van der Waals surface area contributed by atoms with Gasteiger partial charge in [-0.2, -0.15) is 0 Å². The van der Waals surface area contributed by atoms with Crippen LogP contribution in [0.4, 0.5) is 0 Å². The van der Waals surface area contributed by atoms with Crippen molar-refractivity contribution in [3.8, 4) is 0 Å². The normalized spacial score (nSPS) is 12.8. The summed E-state index contributed by atoms with van der Waals surface area (Å²) < 4.78 is 4.77. The van der Waals surface area contributed by atoms with Gasteiger partial charge in [-0.05, 0) is 13.8 Å². The molecule has 0 rings (SSSR count). The van der Waals surface area contributed by atoms with Gasteiger partial charge in [0.25, 0.3) is 0 Å². The first-order valence-electron chi connectivity index (χ1n) is 3.09. The number of esters is 1. The monoisotopic (exact) mass is 196 g/mol. The van der Waals surface area contributed by atoms with Crippen LogP contribution in [-0.4, -0.2) is 16.9 Å². The molecular formula is C7H10Cl2O2. The Morgan fingerprint density at radius 2 is 2.00 bits per heavy atom. The lowest BCUT2D eigenvalue weighted by Gasteiger charge is -2.13. The van der Waals surface area contributed by atoms with E-state index in [4.69, 9.17) is 27.9 Å². The van der Waals surface area contributed by atoms with Gasteiger partial charge in [0.1, 0.15) is 10.9 Å². The van der Waals surface area contributed by atoms with Crippen molar-refractivity contribution in [2.24, 2.45) is 0 Å². The van der Waals surface area contributed by atoms with E-state index in [1.807, 2.05) is 0 Å². The SMILES string of the molecule is C=C(C)C(=O)OC(C)C(Cl)Cl. The lowest BCUT2D eigenvalue weighted by Crippen LogP contribution is -2.20. The maximum atomic E-state index is 10.8. The summed E-state index contributed by atoms with van der Waals surface area (Å²) in [5.74, 6) is -0.469. The molecule has 64 valence electrons. The van der Waals surface area contributed by atoms with Gasteiger partial charge in [-0.15, -0.1) is 23.2 Å². The molecule has 0 aliphatic rings. The molecular weight excluding hydrogens is 187 g/mol. The minimum atomic E-state index is -0.696. The largest absolute Gasteiger partial charge is 0.456 e. The first-order valence-corrected chi connectivity index (χ1v) is 3.97. The highest BCUT2D eigenvalue weighted by Gasteiger charge is 2.15. The molecule has 0 aliphatic carbocycles. The quantitative estimate of drug-likeness (QED) is 0.394. The maximum Gasteiger partial charge on any atom is 0.333 e. The third-order valence-electron chi connectivity index (χ3n) is 0.996. The first-order chi connectivity index (χ1) is 4.95. The van der Waals surface area contributed by atoms with Crippen molar-refractivity contribution in [1.82, 2.24) is 0 Å². The fraction of sp³-hybridized carbons (Fsp3) is 0.571. The summed E-state index contributed by atoms with van der Waals surface area (Å²) in [4.78, 5) is 10.1. The van der Waals surface area contributed by atoms with E-state index in [9.17, 15) is 4.79 Å². The minimum Gasteiger partial charge on any atom is -0.456 e. The van der Waals surface area contributed by atoms with Crippen LogP contribution in [0.5, 0.6) is 0 Å². The van der Waals surface area contributed by atoms with Gasteiger partial charge in [0, 0.05) is 5.57 Å². The van der Waals surface area contributed by atoms with Crippen LogP contribution in [-0.2, 0) is 9.53 Å². The molecule has 2 nitrogen and oxygen atoms in total. The molecule has 0 N–H and O–H groups in total. The molecule has 0 heterocycles. The molecule has 0 aliphatic heterocycles. The lowest BCUT2D eigenvalue weighted by molar-refractivity contribution is -0.142. The number of rotatable bonds is 3. The second-order valence-corrected chi connectivity index (χ2v) is 3.39. The van der Waals surface area contributed by atoms with E-state index in [2.05, 4.69) is 6.58 Å². The summed E-state index contributed by atoms with van der Waals surface area (Å²) in [5, 5.41) is 0. The molecule has 0 aromatic heterocycles. The van der Waals surface area contributed by atoms with Crippen LogP contribution in [0.25, 0.3) is 0 Å². The highest BCUT2D eigenvalue weighted by atomic mass is 35.5. The molecule has 1 atom stereocenters. The second kappa shape index (κ2) is 4.62. The summed E-state index contributed by atoms with van der Waals surface area (Å²) in [6.07, 6.45) is -0.498. The van der Waals surface area contributed by atoms with Gasteiger partial charge >= 0.3 is 5.97 Å². The van der Waals surface area contributed by atoms with Crippen LogP contribution in [0.15, 0.2) is 12.2 Å². The molecule has 0 aromatic rings. The zero-order valence-electron chi connectivity index (χ0n) is 6.43. The van der Waals surface area contributed by atoms with Gasteiger partial charge in [0.15, 0.2) is 0 Å². The molecule has 0 aromatic carbocycles. The van der Waals surface area contributed by atoms with Gasteiger partial charge in [-0.25, -0.2) is 4.79 Å². The lowest BCUT2D eigenvalue weighted by atomic mass is 10.3. The van der Waals surface area contributed by atoms with Gasteiger partial charge in [0.2, 0.25) is 0 Å². The van der Waals surface area contributed by atoms with E-state index >= 15 is 0 Å². The van der Waals surface area contributed by atoms with Gasteiger partial charge < -0.3 is 4.74 Å². The van der Waals surface area contributed by atoms with Crippen molar-refractivity contribution in [2.75, 3.05) is 0 Å². The number of ether oxygens (including phenoxy) is 1. The maximum absolute atomic E-state index is 10.8. The topological polar surface area (TPSA) is 26.3 Å². The fourth-order valence-electron chi connectivity index (χ4n) is 0.321. The Labute approximate surface area is 76.1 Å². The van der Waals surface area contributed by atoms with Gasteiger partial charge in [0.05, 0.1) is 0 Å². The average molecular weight is 197 g/mol. The van der Waals surface area contributed by atoms with E-state index in [-0.39, 0.29) is 0 Å². The van der Waals surface area contributed by atoms with E-state index in [0.717, 1.165) is 0 Å². The van der Waals surface area contributed by atoms with Crippen LogP contribution < -0.4 is 0 Å². The number of alkyl halides is 2. The zero-order valence-corrected chi connectivity index (χ0v) is 7.95. The van der Waals surface area contributed by atoms with Crippen LogP contribution in [0, 0.1) is 0 Å². The Morgan fingerprint density at radius 3 is 2.27 bits per heavy atom. The minimum absolute atomic E-state index is 0.339. The number of hydrogen-bond donors (Lipinski definition) is 0. The Kier molecular flexibility index (Phi) is 4.54. The van der Waals surface area contributed by atoms with E-state index in [0.29, 0.717) is 5.57 Å². The molecule has 4 heteroatoms. The van der Waals surface area contributed by atoms with Crippen LogP contribution >= 0.6 is 23.2 Å². The van der Waals surface area contributed by atoms with Gasteiger partial charge in [-0.3, -0.25) is 0 Å². The third-order valence-corrected chi connectivity index (χ3v) is 1.71. The predicted molar refractivity (Wildman–Crippen MR) is 45.9 cm³/mol. The third kappa shape index (κ3) is 4.27. The number of carbonyl (C=O) groups excluding carboxylic acids is 1. The molecule has 0 spiro atoms. The Morgan fingerprint density at radius 1 is 1.55 bits per heavy atom. The van der Waals surface area contributed by atoms with Crippen molar-refractivity contribution in [1.29, 1.82) is 0 Å². The zero-order chi connectivity index (χ0) is 9.02. The summed E-state index contributed by atoms with van der Waals surface area (Å²) >= 11 is 10.9. The average Bonchev–Trinajstić information content (AvgIpc) is 1.87. The Bertz CT molecular complexity index is 166. The molecule has 0 radical (unpaired) electrons. The van der Waals surface area contributed by atoms with Crippen LogP contribution in [0.1, 0.15) is 13.8 Å². The summed E-state index contributed by atoms with van der Waals surface area (Å²) in [5.41, 5.74) is 0.339. The smallest absolute Gasteiger partial charge is 0.333 e. The van der Waals surface area contributed by atoms with Crippen LogP contribution in [0.2, 0.25) is 0 Å². The molecule has 11 heavy (non-hydrogen) atoms. The standard InChI is InChI=1S/C7H10Cl2O2/c1-4(2)7(10)11-5(3)6(8)9/h5-6H,1H2,2-3H3. The van der Waals surface area contributed by atoms with Crippen molar-refractivity contribution in [2.45, 2.75) is 24.8 Å². The number of halogens is 2. The van der Waals surface area contributed by atoms with Crippen molar-refractivity contribution >= 4 is 29.2 Å². The van der Waals surface area contributed by atoms with E-state index in [1.54, 1.807) is 13.8 Å². The van der Waals surface area contributed by atoms with Crippen molar-refractivity contribution < 1.29 is 9.53 Å². The van der Waals surface area contributed by atoms with E-state index in [1.165, 1.54) is 0 Å². The number of hydrogen-bond acceptors (Lipinski definition) is 2. The molecule has 0 saturated heterocycles. The molecule has 0 fully saturated rings.